The Morgan fingerprint density at radius 3 is 2.71 bits per heavy atom. The fourth-order valence-electron chi connectivity index (χ4n) is 0.929. The standard InChI is InChI=1S/C8H7F2NO3/c1-14-7(13)5-3-2-4-11(6(5)12)8(9)10/h2-4,8H,1H3. The first kappa shape index (κ1) is 10.4. The molecule has 0 saturated heterocycles. The van der Waals surface area contributed by atoms with Crippen molar-refractivity contribution in [3.05, 3.63) is 34.2 Å². The normalized spacial score (nSPS) is 10.3. The van der Waals surface area contributed by atoms with Crippen molar-refractivity contribution in [2.45, 2.75) is 6.55 Å². The van der Waals surface area contributed by atoms with Gasteiger partial charge in [-0.3, -0.25) is 9.36 Å². The van der Waals surface area contributed by atoms with E-state index >= 15 is 0 Å². The Hall–Kier alpha value is -1.72. The van der Waals surface area contributed by atoms with Gasteiger partial charge in [0.25, 0.3) is 5.56 Å². The van der Waals surface area contributed by atoms with Gasteiger partial charge in [-0.2, -0.15) is 8.78 Å². The van der Waals surface area contributed by atoms with Crippen LogP contribution in [0.15, 0.2) is 23.1 Å². The molecule has 0 radical (unpaired) electrons. The number of hydrogen-bond acceptors (Lipinski definition) is 3. The van der Waals surface area contributed by atoms with Crippen LogP contribution in [-0.2, 0) is 4.74 Å². The van der Waals surface area contributed by atoms with E-state index in [1.165, 1.54) is 6.07 Å². The minimum Gasteiger partial charge on any atom is -0.465 e. The number of carbonyl (C=O) groups excluding carboxylic acids is 1. The van der Waals surface area contributed by atoms with Crippen molar-refractivity contribution in [2.75, 3.05) is 7.11 Å². The highest BCUT2D eigenvalue weighted by Crippen LogP contribution is 2.06. The van der Waals surface area contributed by atoms with Gasteiger partial charge in [-0.25, -0.2) is 4.79 Å². The highest BCUT2D eigenvalue weighted by Gasteiger charge is 2.15. The number of alkyl halides is 2. The van der Waals surface area contributed by atoms with E-state index in [0.717, 1.165) is 19.4 Å². The average molecular weight is 203 g/mol. The van der Waals surface area contributed by atoms with E-state index in [-0.39, 0.29) is 4.57 Å². The van der Waals surface area contributed by atoms with Gasteiger partial charge in [0.05, 0.1) is 7.11 Å². The van der Waals surface area contributed by atoms with E-state index in [1.54, 1.807) is 0 Å². The summed E-state index contributed by atoms with van der Waals surface area (Å²) >= 11 is 0. The average Bonchev–Trinajstić information content (AvgIpc) is 2.16. The second-order valence-corrected chi connectivity index (χ2v) is 2.40. The third kappa shape index (κ3) is 1.78. The lowest BCUT2D eigenvalue weighted by Gasteiger charge is -2.04. The Labute approximate surface area is 77.7 Å². The van der Waals surface area contributed by atoms with Crippen LogP contribution in [0.3, 0.4) is 0 Å². The molecule has 0 saturated carbocycles. The molecule has 0 N–H and O–H groups in total. The summed E-state index contributed by atoms with van der Waals surface area (Å²) in [6, 6.07) is 2.31. The van der Waals surface area contributed by atoms with Gasteiger partial charge in [0.15, 0.2) is 0 Å². The second kappa shape index (κ2) is 3.99. The molecular formula is C8H7F2NO3. The molecule has 6 heteroatoms. The molecule has 0 amide bonds. The lowest BCUT2D eigenvalue weighted by Crippen LogP contribution is -2.26. The summed E-state index contributed by atoms with van der Waals surface area (Å²) in [4.78, 5) is 22.1. The minimum absolute atomic E-state index is 0.159. The van der Waals surface area contributed by atoms with Gasteiger partial charge in [-0.15, -0.1) is 0 Å². The second-order valence-electron chi connectivity index (χ2n) is 2.40. The molecule has 4 nitrogen and oxygen atoms in total. The third-order valence-corrected chi connectivity index (χ3v) is 1.59. The van der Waals surface area contributed by atoms with Gasteiger partial charge in [0.1, 0.15) is 5.56 Å². The van der Waals surface area contributed by atoms with Gasteiger partial charge in [-0.1, -0.05) is 0 Å². The number of aromatic nitrogens is 1. The zero-order valence-corrected chi connectivity index (χ0v) is 7.24. The van der Waals surface area contributed by atoms with Gasteiger partial charge in [0.2, 0.25) is 0 Å². The van der Waals surface area contributed by atoms with E-state index < -0.39 is 23.6 Å². The van der Waals surface area contributed by atoms with Crippen molar-refractivity contribution in [3.8, 4) is 0 Å². The Kier molecular flexibility index (Phi) is 2.95. The summed E-state index contributed by atoms with van der Waals surface area (Å²) in [6.07, 6.45) is 0.902. The van der Waals surface area contributed by atoms with Crippen LogP contribution in [0.25, 0.3) is 0 Å². The summed E-state index contributed by atoms with van der Waals surface area (Å²) < 4.78 is 28.8. The van der Waals surface area contributed by atoms with Crippen LogP contribution in [0.5, 0.6) is 0 Å². The molecule has 1 rings (SSSR count). The van der Waals surface area contributed by atoms with Gasteiger partial charge in [0, 0.05) is 6.20 Å². The summed E-state index contributed by atoms with van der Waals surface area (Å²) in [5.74, 6) is -0.926. The van der Waals surface area contributed by atoms with E-state index in [9.17, 15) is 18.4 Å². The van der Waals surface area contributed by atoms with Crippen molar-refractivity contribution in [3.63, 3.8) is 0 Å². The third-order valence-electron chi connectivity index (χ3n) is 1.59. The molecule has 1 aromatic heterocycles. The maximum absolute atomic E-state index is 12.2. The van der Waals surface area contributed by atoms with Crippen LogP contribution in [-0.4, -0.2) is 17.6 Å². The number of methoxy groups -OCH3 is 1. The fraction of sp³-hybridized carbons (Fsp3) is 0.250. The van der Waals surface area contributed by atoms with E-state index in [4.69, 9.17) is 0 Å². The lowest BCUT2D eigenvalue weighted by atomic mass is 10.3. The summed E-state index contributed by atoms with van der Waals surface area (Å²) in [6.45, 7) is -2.97. The number of carbonyl (C=O) groups is 1. The van der Waals surface area contributed by atoms with Gasteiger partial charge < -0.3 is 4.74 Å². The first-order chi connectivity index (χ1) is 6.57. The Morgan fingerprint density at radius 1 is 1.57 bits per heavy atom. The molecule has 0 unspecified atom stereocenters. The number of pyridine rings is 1. The van der Waals surface area contributed by atoms with Crippen molar-refractivity contribution >= 4 is 5.97 Å². The van der Waals surface area contributed by atoms with Crippen LogP contribution in [0.2, 0.25) is 0 Å². The number of ether oxygens (including phenoxy) is 1. The zero-order valence-electron chi connectivity index (χ0n) is 7.24. The van der Waals surface area contributed by atoms with Gasteiger partial charge >= 0.3 is 12.5 Å². The van der Waals surface area contributed by atoms with E-state index in [2.05, 4.69) is 4.74 Å². The monoisotopic (exact) mass is 203 g/mol. The molecule has 1 heterocycles. The molecule has 14 heavy (non-hydrogen) atoms. The largest absolute Gasteiger partial charge is 0.465 e. The fourth-order valence-corrected chi connectivity index (χ4v) is 0.929. The molecule has 0 spiro atoms. The molecule has 0 fully saturated rings. The quantitative estimate of drug-likeness (QED) is 0.674. The molecule has 0 bridgehead atoms. The number of halogens is 2. The highest BCUT2D eigenvalue weighted by molar-refractivity contribution is 5.88. The molecule has 1 aromatic rings. The molecule has 0 aliphatic heterocycles. The first-order valence-electron chi connectivity index (χ1n) is 3.65. The Morgan fingerprint density at radius 2 is 2.21 bits per heavy atom. The van der Waals surface area contributed by atoms with Crippen LogP contribution in [0.4, 0.5) is 8.78 Å². The van der Waals surface area contributed by atoms with Crippen LogP contribution < -0.4 is 5.56 Å². The van der Waals surface area contributed by atoms with Crippen LogP contribution in [0, 0.1) is 0 Å². The molecule has 0 aliphatic carbocycles. The highest BCUT2D eigenvalue weighted by atomic mass is 19.3. The number of rotatable bonds is 2. The predicted octanol–water partition coefficient (Wildman–Crippen LogP) is 1.03. The van der Waals surface area contributed by atoms with E-state index in [1.807, 2.05) is 0 Å². The summed E-state index contributed by atoms with van der Waals surface area (Å²) in [5, 5.41) is 0. The lowest BCUT2D eigenvalue weighted by molar-refractivity contribution is 0.0572. The SMILES string of the molecule is COC(=O)c1cccn(C(F)F)c1=O. The van der Waals surface area contributed by atoms with Crippen molar-refractivity contribution in [1.82, 2.24) is 4.57 Å². The Balaban J connectivity index is 3.28. The zero-order chi connectivity index (χ0) is 10.7. The number of nitrogens with zero attached hydrogens (tertiary/aromatic N) is 1. The molecule has 0 atom stereocenters. The predicted molar refractivity (Wildman–Crippen MR) is 43.3 cm³/mol. The smallest absolute Gasteiger partial charge is 0.343 e. The van der Waals surface area contributed by atoms with Crippen molar-refractivity contribution < 1.29 is 18.3 Å². The number of hydrogen-bond donors (Lipinski definition) is 0. The molecule has 0 aliphatic rings. The number of esters is 1. The van der Waals surface area contributed by atoms with Crippen LogP contribution >= 0.6 is 0 Å². The molecule has 76 valence electrons. The topological polar surface area (TPSA) is 48.3 Å². The summed E-state index contributed by atoms with van der Waals surface area (Å²) in [5.41, 5.74) is -1.47. The molecular weight excluding hydrogens is 196 g/mol. The van der Waals surface area contributed by atoms with Crippen molar-refractivity contribution in [2.24, 2.45) is 0 Å². The molecule has 0 aromatic carbocycles. The summed E-state index contributed by atoms with van der Waals surface area (Å²) in [7, 11) is 1.07. The minimum atomic E-state index is -2.97. The maximum atomic E-state index is 12.2. The maximum Gasteiger partial charge on any atom is 0.343 e. The van der Waals surface area contributed by atoms with Gasteiger partial charge in [-0.05, 0) is 12.1 Å². The van der Waals surface area contributed by atoms with E-state index in [0.29, 0.717) is 0 Å². The van der Waals surface area contributed by atoms with Crippen molar-refractivity contribution in [1.29, 1.82) is 0 Å². The van der Waals surface area contributed by atoms with Crippen LogP contribution in [0.1, 0.15) is 16.9 Å². The first-order valence-corrected chi connectivity index (χ1v) is 3.65. The Bertz CT molecular complexity index is 400.